The van der Waals surface area contributed by atoms with Crippen LogP contribution in [0.2, 0.25) is 0 Å². The van der Waals surface area contributed by atoms with Crippen molar-refractivity contribution in [3.63, 3.8) is 0 Å². The molecule has 2 saturated carbocycles. The van der Waals surface area contributed by atoms with Crippen molar-refractivity contribution in [1.29, 1.82) is 0 Å². The van der Waals surface area contributed by atoms with Gasteiger partial charge in [0, 0.05) is 31.6 Å². The second-order valence-corrected chi connectivity index (χ2v) is 8.18. The molecule has 2 fully saturated rings. The van der Waals surface area contributed by atoms with E-state index in [1.54, 1.807) is 11.3 Å². The maximum absolute atomic E-state index is 12.3. The summed E-state index contributed by atoms with van der Waals surface area (Å²) in [6.45, 7) is 3.08. The molecule has 1 aromatic heterocycles. The van der Waals surface area contributed by atoms with Gasteiger partial charge in [0.15, 0.2) is 5.96 Å². The van der Waals surface area contributed by atoms with Crippen molar-refractivity contribution in [2.24, 2.45) is 10.9 Å². The zero-order chi connectivity index (χ0) is 17.6. The highest BCUT2D eigenvalue weighted by Crippen LogP contribution is 2.26. The van der Waals surface area contributed by atoms with Gasteiger partial charge in [0.25, 0.3) is 0 Å². The molecule has 1 heterocycles. The van der Waals surface area contributed by atoms with Crippen LogP contribution in [0.15, 0.2) is 21.8 Å². The van der Waals surface area contributed by atoms with Crippen molar-refractivity contribution in [2.45, 2.75) is 63.5 Å². The second-order valence-electron chi connectivity index (χ2n) is 7.40. The largest absolute Gasteiger partial charge is 0.356 e. The van der Waals surface area contributed by atoms with E-state index in [1.165, 1.54) is 5.56 Å². The summed E-state index contributed by atoms with van der Waals surface area (Å²) in [7, 11) is 1.81. The van der Waals surface area contributed by atoms with Gasteiger partial charge in [-0.15, -0.1) is 0 Å². The van der Waals surface area contributed by atoms with Crippen LogP contribution in [0.25, 0.3) is 0 Å². The Hall–Kier alpha value is -1.56. The van der Waals surface area contributed by atoms with E-state index in [4.69, 9.17) is 0 Å². The quantitative estimate of drug-likeness (QED) is 0.538. The first kappa shape index (κ1) is 18.2. The van der Waals surface area contributed by atoms with Crippen LogP contribution in [0.1, 0.15) is 56.9 Å². The molecular formula is C19H30N4OS. The fraction of sp³-hybridized carbons (Fsp3) is 0.684. The number of guanidine groups is 1. The Bertz CT molecular complexity index is 582. The van der Waals surface area contributed by atoms with E-state index >= 15 is 0 Å². The summed E-state index contributed by atoms with van der Waals surface area (Å²) in [5.74, 6) is 1.70. The first-order valence-corrected chi connectivity index (χ1v) is 10.4. The van der Waals surface area contributed by atoms with Gasteiger partial charge in [-0.25, -0.2) is 0 Å². The Morgan fingerprint density at radius 3 is 2.80 bits per heavy atom. The molecule has 3 unspecified atom stereocenters. The van der Waals surface area contributed by atoms with Crippen LogP contribution >= 0.6 is 11.3 Å². The number of aliphatic imine (C=N–C) groups is 1. The van der Waals surface area contributed by atoms with Gasteiger partial charge in [-0.05, 0) is 60.4 Å². The predicted octanol–water partition coefficient (Wildman–Crippen LogP) is 2.85. The number of nitrogens with zero attached hydrogens (tertiary/aromatic N) is 1. The molecule has 3 rings (SSSR count). The summed E-state index contributed by atoms with van der Waals surface area (Å²) in [4.78, 5) is 16.7. The van der Waals surface area contributed by atoms with Crippen molar-refractivity contribution in [3.8, 4) is 0 Å². The second kappa shape index (κ2) is 8.70. The molecular weight excluding hydrogens is 332 g/mol. The average Bonchev–Trinajstić information content (AvgIpc) is 3.26. The lowest BCUT2D eigenvalue weighted by molar-refractivity contribution is -0.126. The summed E-state index contributed by atoms with van der Waals surface area (Å²) in [6, 6.07) is 2.96. The van der Waals surface area contributed by atoms with Gasteiger partial charge in [-0.2, -0.15) is 11.3 Å². The van der Waals surface area contributed by atoms with Gasteiger partial charge in [-0.3, -0.25) is 9.79 Å². The molecule has 2 aliphatic carbocycles. The number of carbonyl (C=O) groups is 1. The third-order valence-corrected chi connectivity index (χ3v) is 5.92. The highest BCUT2D eigenvalue weighted by atomic mass is 32.1. The van der Waals surface area contributed by atoms with Crippen molar-refractivity contribution in [2.75, 3.05) is 13.6 Å². The van der Waals surface area contributed by atoms with Gasteiger partial charge in [0.05, 0.1) is 0 Å². The van der Waals surface area contributed by atoms with Gasteiger partial charge >= 0.3 is 0 Å². The van der Waals surface area contributed by atoms with E-state index in [-0.39, 0.29) is 11.8 Å². The Morgan fingerprint density at radius 2 is 2.12 bits per heavy atom. The molecule has 0 bridgehead atoms. The van der Waals surface area contributed by atoms with Crippen LogP contribution in [-0.2, 0) is 4.79 Å². The average molecular weight is 363 g/mol. The van der Waals surface area contributed by atoms with Crippen LogP contribution in [-0.4, -0.2) is 37.5 Å². The van der Waals surface area contributed by atoms with E-state index < -0.39 is 0 Å². The number of carbonyl (C=O) groups excluding carboxylic acids is 1. The zero-order valence-corrected chi connectivity index (χ0v) is 16.1. The van der Waals surface area contributed by atoms with Gasteiger partial charge in [-0.1, -0.05) is 13.3 Å². The molecule has 0 radical (unpaired) electrons. The lowest BCUT2D eigenvalue weighted by atomic mass is 9.85. The predicted molar refractivity (Wildman–Crippen MR) is 104 cm³/mol. The molecule has 138 valence electrons. The molecule has 3 N–H and O–H groups in total. The molecule has 5 nitrogen and oxygen atoms in total. The normalized spacial score (nSPS) is 25.3. The van der Waals surface area contributed by atoms with E-state index in [1.807, 2.05) is 7.05 Å². The van der Waals surface area contributed by atoms with Crippen LogP contribution in [0.5, 0.6) is 0 Å². The molecule has 0 aliphatic heterocycles. The maximum Gasteiger partial charge on any atom is 0.223 e. The number of rotatable bonds is 6. The molecule has 6 heteroatoms. The minimum Gasteiger partial charge on any atom is -0.356 e. The molecule has 0 spiro atoms. The van der Waals surface area contributed by atoms with Gasteiger partial charge < -0.3 is 16.0 Å². The molecule has 3 atom stereocenters. The fourth-order valence-corrected chi connectivity index (χ4v) is 4.20. The molecule has 1 aromatic rings. The lowest BCUT2D eigenvalue weighted by Crippen LogP contribution is -2.47. The lowest BCUT2D eigenvalue weighted by Gasteiger charge is -2.30. The zero-order valence-electron chi connectivity index (χ0n) is 15.3. The van der Waals surface area contributed by atoms with E-state index in [0.717, 1.165) is 51.0 Å². The molecule has 1 amide bonds. The van der Waals surface area contributed by atoms with E-state index in [2.05, 4.69) is 44.7 Å². The standard InChI is InChI=1S/C19H30N4OS/c1-13(15-8-9-25-12-15)11-21-19(20-2)23-17-5-3-4-14(10-17)18(24)22-16-6-7-16/h8-9,12-14,16-17H,3-7,10-11H2,1-2H3,(H,22,24)(H2,20,21,23). The Labute approximate surface area is 154 Å². The first-order valence-electron chi connectivity index (χ1n) is 9.45. The summed E-state index contributed by atoms with van der Waals surface area (Å²) in [5.41, 5.74) is 1.36. The molecule has 2 aliphatic rings. The number of amides is 1. The highest BCUT2D eigenvalue weighted by molar-refractivity contribution is 7.07. The van der Waals surface area contributed by atoms with Crippen molar-refractivity contribution in [3.05, 3.63) is 22.4 Å². The number of thiophene rings is 1. The van der Waals surface area contributed by atoms with Crippen molar-refractivity contribution < 1.29 is 4.79 Å². The van der Waals surface area contributed by atoms with Crippen LogP contribution in [0.3, 0.4) is 0 Å². The summed E-state index contributed by atoms with van der Waals surface area (Å²) in [6.07, 6.45) is 6.42. The minimum absolute atomic E-state index is 0.148. The number of nitrogens with one attached hydrogen (secondary N) is 3. The Kier molecular flexibility index (Phi) is 6.34. The van der Waals surface area contributed by atoms with Gasteiger partial charge in [0.2, 0.25) is 5.91 Å². The van der Waals surface area contributed by atoms with E-state index in [9.17, 15) is 4.79 Å². The smallest absolute Gasteiger partial charge is 0.223 e. The Morgan fingerprint density at radius 1 is 1.28 bits per heavy atom. The van der Waals surface area contributed by atoms with Gasteiger partial charge in [0.1, 0.15) is 0 Å². The molecule has 25 heavy (non-hydrogen) atoms. The number of hydrogen-bond donors (Lipinski definition) is 3. The topological polar surface area (TPSA) is 65.5 Å². The Balaban J connectivity index is 1.44. The summed E-state index contributed by atoms with van der Waals surface area (Å²) in [5, 5.41) is 14.4. The monoisotopic (exact) mass is 362 g/mol. The summed E-state index contributed by atoms with van der Waals surface area (Å²) >= 11 is 1.74. The van der Waals surface area contributed by atoms with Crippen LogP contribution in [0, 0.1) is 5.92 Å². The maximum atomic E-state index is 12.3. The fourth-order valence-electron chi connectivity index (χ4n) is 3.42. The molecule has 0 aromatic carbocycles. The third-order valence-electron chi connectivity index (χ3n) is 5.22. The number of hydrogen-bond acceptors (Lipinski definition) is 3. The van der Waals surface area contributed by atoms with Crippen LogP contribution in [0.4, 0.5) is 0 Å². The third kappa shape index (κ3) is 5.46. The minimum atomic E-state index is 0.148. The highest BCUT2D eigenvalue weighted by Gasteiger charge is 2.31. The summed E-state index contributed by atoms with van der Waals surface area (Å²) < 4.78 is 0. The molecule has 0 saturated heterocycles. The SMILES string of the molecule is CN=C(NCC(C)c1ccsc1)NC1CCCC(C(=O)NC2CC2)C1. The van der Waals surface area contributed by atoms with Crippen molar-refractivity contribution >= 4 is 23.2 Å². The van der Waals surface area contributed by atoms with E-state index in [0.29, 0.717) is 18.0 Å². The first-order chi connectivity index (χ1) is 12.2. The van der Waals surface area contributed by atoms with Crippen LogP contribution < -0.4 is 16.0 Å². The van der Waals surface area contributed by atoms with Crippen molar-refractivity contribution in [1.82, 2.24) is 16.0 Å².